The Bertz CT molecular complexity index is 385. The summed E-state index contributed by atoms with van der Waals surface area (Å²) in [6, 6.07) is -0.282. The average molecular weight is 223 g/mol. The van der Waals surface area contributed by atoms with Crippen LogP contribution in [0.25, 0.3) is 0 Å². The first-order valence-corrected chi connectivity index (χ1v) is 5.13. The quantitative estimate of drug-likeness (QED) is 0.622. The molecule has 0 aliphatic heterocycles. The van der Waals surface area contributed by atoms with Crippen molar-refractivity contribution in [2.24, 2.45) is 0 Å². The molecule has 3 N–H and O–H groups in total. The molecule has 1 aromatic heterocycles. The fourth-order valence-corrected chi connectivity index (χ4v) is 1.20. The topological polar surface area (TPSA) is 99.8 Å². The second-order valence-electron chi connectivity index (χ2n) is 3.81. The SMILES string of the molecule is CC(NC(=O)c1ncn[nH]1)C(=O)NC1CC1. The molecule has 1 aromatic rings. The molecule has 1 atom stereocenters. The lowest BCUT2D eigenvalue weighted by atomic mass is 10.3. The first-order chi connectivity index (χ1) is 7.66. The molecule has 1 aliphatic carbocycles. The lowest BCUT2D eigenvalue weighted by molar-refractivity contribution is -0.122. The van der Waals surface area contributed by atoms with E-state index in [1.165, 1.54) is 6.33 Å². The zero-order valence-corrected chi connectivity index (χ0v) is 8.86. The van der Waals surface area contributed by atoms with Crippen LogP contribution >= 0.6 is 0 Å². The summed E-state index contributed by atoms with van der Waals surface area (Å²) in [5, 5.41) is 11.3. The van der Waals surface area contributed by atoms with Crippen LogP contribution in [0.5, 0.6) is 0 Å². The highest BCUT2D eigenvalue weighted by Gasteiger charge is 2.26. The molecule has 1 saturated carbocycles. The Hall–Kier alpha value is -1.92. The number of aromatic nitrogens is 3. The molecular weight excluding hydrogens is 210 g/mol. The van der Waals surface area contributed by atoms with Gasteiger partial charge < -0.3 is 10.6 Å². The second-order valence-corrected chi connectivity index (χ2v) is 3.81. The number of rotatable bonds is 4. The highest BCUT2D eigenvalue weighted by molar-refractivity contribution is 5.94. The van der Waals surface area contributed by atoms with Crippen LogP contribution < -0.4 is 10.6 Å². The minimum absolute atomic E-state index is 0.103. The van der Waals surface area contributed by atoms with Gasteiger partial charge in [-0.25, -0.2) is 4.98 Å². The number of carbonyl (C=O) groups is 2. The van der Waals surface area contributed by atoms with E-state index in [-0.39, 0.29) is 17.8 Å². The van der Waals surface area contributed by atoms with Gasteiger partial charge in [0.15, 0.2) is 0 Å². The molecule has 1 fully saturated rings. The van der Waals surface area contributed by atoms with Gasteiger partial charge in [-0.3, -0.25) is 14.7 Å². The molecule has 0 saturated heterocycles. The summed E-state index contributed by atoms with van der Waals surface area (Å²) >= 11 is 0. The first-order valence-electron chi connectivity index (χ1n) is 5.13. The van der Waals surface area contributed by atoms with Crippen LogP contribution in [0.1, 0.15) is 30.4 Å². The van der Waals surface area contributed by atoms with Crippen molar-refractivity contribution in [1.29, 1.82) is 0 Å². The van der Waals surface area contributed by atoms with Crippen molar-refractivity contribution in [2.75, 3.05) is 0 Å². The van der Waals surface area contributed by atoms with Crippen molar-refractivity contribution in [3.8, 4) is 0 Å². The van der Waals surface area contributed by atoms with E-state index in [0.717, 1.165) is 12.8 Å². The van der Waals surface area contributed by atoms with E-state index in [0.29, 0.717) is 0 Å². The maximum absolute atomic E-state index is 11.5. The summed E-state index contributed by atoms with van der Waals surface area (Å²) in [6.07, 6.45) is 3.28. The van der Waals surface area contributed by atoms with E-state index in [1.807, 2.05) is 0 Å². The van der Waals surface area contributed by atoms with Crippen LogP contribution in [-0.4, -0.2) is 39.1 Å². The smallest absolute Gasteiger partial charge is 0.289 e. The Morgan fingerprint density at radius 2 is 2.31 bits per heavy atom. The number of aromatic amines is 1. The van der Waals surface area contributed by atoms with Gasteiger partial charge in [-0.05, 0) is 19.8 Å². The van der Waals surface area contributed by atoms with Crippen molar-refractivity contribution < 1.29 is 9.59 Å². The monoisotopic (exact) mass is 223 g/mol. The normalized spacial score (nSPS) is 16.6. The molecule has 7 heteroatoms. The standard InChI is InChI=1S/C9H13N5O2/c1-5(8(15)13-6-2-3-6)12-9(16)7-10-4-11-14-7/h4-6H,2-3H2,1H3,(H,12,16)(H,13,15)(H,10,11,14). The number of carbonyl (C=O) groups excluding carboxylic acids is 2. The molecule has 7 nitrogen and oxygen atoms in total. The van der Waals surface area contributed by atoms with Gasteiger partial charge in [-0.1, -0.05) is 0 Å². The number of nitrogens with one attached hydrogen (secondary N) is 3. The predicted molar refractivity (Wildman–Crippen MR) is 54.5 cm³/mol. The van der Waals surface area contributed by atoms with Gasteiger partial charge in [0.2, 0.25) is 11.7 Å². The molecule has 2 amide bonds. The molecule has 1 unspecified atom stereocenters. The third-order valence-electron chi connectivity index (χ3n) is 2.29. The molecular formula is C9H13N5O2. The fourth-order valence-electron chi connectivity index (χ4n) is 1.20. The van der Waals surface area contributed by atoms with Gasteiger partial charge >= 0.3 is 0 Å². The van der Waals surface area contributed by atoms with Gasteiger partial charge in [-0.2, -0.15) is 5.10 Å². The van der Waals surface area contributed by atoms with Gasteiger partial charge in [0.05, 0.1) is 0 Å². The first kappa shape index (κ1) is 10.6. The molecule has 0 bridgehead atoms. The largest absolute Gasteiger partial charge is 0.352 e. The van der Waals surface area contributed by atoms with E-state index in [9.17, 15) is 9.59 Å². The molecule has 0 aromatic carbocycles. The lowest BCUT2D eigenvalue weighted by Gasteiger charge is -2.12. The van der Waals surface area contributed by atoms with E-state index in [4.69, 9.17) is 0 Å². The van der Waals surface area contributed by atoms with E-state index in [1.54, 1.807) is 6.92 Å². The number of amides is 2. The molecule has 1 heterocycles. The Kier molecular flexibility index (Phi) is 2.84. The van der Waals surface area contributed by atoms with Crippen molar-refractivity contribution in [1.82, 2.24) is 25.8 Å². The maximum Gasteiger partial charge on any atom is 0.289 e. The van der Waals surface area contributed by atoms with Gasteiger partial charge in [0.1, 0.15) is 12.4 Å². The summed E-state index contributed by atoms with van der Waals surface area (Å²) < 4.78 is 0. The van der Waals surface area contributed by atoms with Gasteiger partial charge in [0, 0.05) is 6.04 Å². The summed E-state index contributed by atoms with van der Waals surface area (Å²) in [4.78, 5) is 26.7. The summed E-state index contributed by atoms with van der Waals surface area (Å²) in [6.45, 7) is 1.63. The Morgan fingerprint density at radius 3 is 2.88 bits per heavy atom. The summed E-state index contributed by atoms with van der Waals surface area (Å²) in [5.41, 5.74) is 0. The number of nitrogens with zero attached hydrogens (tertiary/aromatic N) is 2. The number of H-pyrrole nitrogens is 1. The van der Waals surface area contributed by atoms with Crippen LogP contribution in [0.4, 0.5) is 0 Å². The zero-order valence-electron chi connectivity index (χ0n) is 8.86. The highest BCUT2D eigenvalue weighted by Crippen LogP contribution is 2.18. The number of hydrogen-bond donors (Lipinski definition) is 3. The highest BCUT2D eigenvalue weighted by atomic mass is 16.2. The minimum Gasteiger partial charge on any atom is -0.352 e. The van der Waals surface area contributed by atoms with Gasteiger partial charge in [0.25, 0.3) is 5.91 Å². The van der Waals surface area contributed by atoms with Crippen LogP contribution in [0.3, 0.4) is 0 Å². The average Bonchev–Trinajstić information content (AvgIpc) is 2.89. The van der Waals surface area contributed by atoms with Crippen LogP contribution in [0.15, 0.2) is 6.33 Å². The van der Waals surface area contributed by atoms with Gasteiger partial charge in [-0.15, -0.1) is 0 Å². The van der Waals surface area contributed by atoms with E-state index in [2.05, 4.69) is 25.8 Å². The van der Waals surface area contributed by atoms with E-state index >= 15 is 0 Å². The van der Waals surface area contributed by atoms with Crippen molar-refractivity contribution >= 4 is 11.8 Å². The number of hydrogen-bond acceptors (Lipinski definition) is 4. The van der Waals surface area contributed by atoms with Crippen molar-refractivity contribution in [3.05, 3.63) is 12.2 Å². The van der Waals surface area contributed by atoms with Crippen molar-refractivity contribution in [3.63, 3.8) is 0 Å². The Labute approximate surface area is 92.0 Å². The maximum atomic E-state index is 11.5. The van der Waals surface area contributed by atoms with Crippen LogP contribution in [-0.2, 0) is 4.79 Å². The molecule has 1 aliphatic rings. The minimum atomic E-state index is -0.571. The summed E-state index contributed by atoms with van der Waals surface area (Å²) in [7, 11) is 0. The Balaban J connectivity index is 1.83. The fraction of sp³-hybridized carbons (Fsp3) is 0.556. The molecule has 16 heavy (non-hydrogen) atoms. The Morgan fingerprint density at radius 1 is 1.56 bits per heavy atom. The van der Waals surface area contributed by atoms with Crippen LogP contribution in [0, 0.1) is 0 Å². The van der Waals surface area contributed by atoms with E-state index < -0.39 is 11.9 Å². The zero-order chi connectivity index (χ0) is 11.5. The lowest BCUT2D eigenvalue weighted by Crippen LogP contribution is -2.45. The molecule has 2 rings (SSSR count). The van der Waals surface area contributed by atoms with Crippen LogP contribution in [0.2, 0.25) is 0 Å². The van der Waals surface area contributed by atoms with Crippen molar-refractivity contribution in [2.45, 2.75) is 31.8 Å². The molecule has 0 radical (unpaired) electrons. The third kappa shape index (κ3) is 2.56. The second kappa shape index (κ2) is 4.30. The molecule has 86 valence electrons. The molecule has 0 spiro atoms. The third-order valence-corrected chi connectivity index (χ3v) is 2.29. The summed E-state index contributed by atoms with van der Waals surface area (Å²) in [5.74, 6) is -0.502. The predicted octanol–water partition coefficient (Wildman–Crippen LogP) is -0.798.